The molecule has 0 saturated heterocycles. The maximum absolute atomic E-state index is 11.6. The van der Waals surface area contributed by atoms with Gasteiger partial charge in [-0.1, -0.05) is 12.1 Å². The quantitative estimate of drug-likeness (QED) is 0.721. The molecule has 0 unspecified atom stereocenters. The third-order valence-corrected chi connectivity index (χ3v) is 3.52. The molecule has 108 valence electrons. The highest BCUT2D eigenvalue weighted by molar-refractivity contribution is 5.36. The summed E-state index contributed by atoms with van der Waals surface area (Å²) in [5.41, 5.74) is 1.98. The first-order valence-electron chi connectivity index (χ1n) is 6.94. The number of fused-ring (bicyclic) bond motifs is 1. The van der Waals surface area contributed by atoms with Crippen LogP contribution < -0.4 is 10.3 Å². The van der Waals surface area contributed by atoms with E-state index in [9.17, 15) is 4.79 Å². The molecular weight excluding hydrogens is 266 g/mol. The molecule has 3 aromatic rings. The van der Waals surface area contributed by atoms with Gasteiger partial charge in [-0.2, -0.15) is 9.61 Å². The molecule has 0 aliphatic carbocycles. The van der Waals surface area contributed by atoms with E-state index < -0.39 is 0 Å². The van der Waals surface area contributed by atoms with Crippen molar-refractivity contribution in [2.75, 3.05) is 7.11 Å². The second-order valence-corrected chi connectivity index (χ2v) is 4.90. The lowest BCUT2D eigenvalue weighted by Crippen LogP contribution is -2.17. The molecule has 0 fully saturated rings. The first-order valence-corrected chi connectivity index (χ1v) is 6.94. The molecule has 5 nitrogen and oxygen atoms in total. The average molecular weight is 283 g/mol. The zero-order valence-corrected chi connectivity index (χ0v) is 11.9. The van der Waals surface area contributed by atoms with E-state index >= 15 is 0 Å². The number of ether oxygens (including phenoxy) is 1. The van der Waals surface area contributed by atoms with E-state index in [0.717, 1.165) is 30.8 Å². The Kier molecular flexibility index (Phi) is 3.73. The Labute approximate surface area is 122 Å². The minimum Gasteiger partial charge on any atom is -0.497 e. The van der Waals surface area contributed by atoms with E-state index in [1.54, 1.807) is 19.4 Å². The maximum atomic E-state index is 11.6. The number of aromatic nitrogens is 3. The molecule has 0 bridgehead atoms. The van der Waals surface area contributed by atoms with Crippen molar-refractivity contribution in [2.45, 2.75) is 19.4 Å². The molecule has 0 N–H and O–H groups in total. The zero-order chi connectivity index (χ0) is 14.7. The first kappa shape index (κ1) is 13.4. The SMILES string of the molecule is COc1cccc(CCCn2ccc(=O)n3nccc23)c1. The first-order chi connectivity index (χ1) is 10.3. The van der Waals surface area contributed by atoms with E-state index in [-0.39, 0.29) is 5.56 Å². The van der Waals surface area contributed by atoms with Gasteiger partial charge in [0.15, 0.2) is 0 Å². The third-order valence-electron chi connectivity index (χ3n) is 3.52. The fourth-order valence-electron chi connectivity index (χ4n) is 2.45. The van der Waals surface area contributed by atoms with Crippen molar-refractivity contribution >= 4 is 5.65 Å². The largest absolute Gasteiger partial charge is 0.497 e. The summed E-state index contributed by atoms with van der Waals surface area (Å²) in [6.45, 7) is 0.840. The van der Waals surface area contributed by atoms with Gasteiger partial charge in [0.05, 0.1) is 13.3 Å². The van der Waals surface area contributed by atoms with Crippen LogP contribution in [0.4, 0.5) is 0 Å². The van der Waals surface area contributed by atoms with Crippen LogP contribution >= 0.6 is 0 Å². The Morgan fingerprint density at radius 2 is 2.14 bits per heavy atom. The fraction of sp³-hybridized carbons (Fsp3) is 0.250. The predicted molar refractivity (Wildman–Crippen MR) is 80.8 cm³/mol. The van der Waals surface area contributed by atoms with Crippen LogP contribution in [0.25, 0.3) is 5.65 Å². The van der Waals surface area contributed by atoms with Crippen LogP contribution in [0, 0.1) is 0 Å². The summed E-state index contributed by atoms with van der Waals surface area (Å²) < 4.78 is 8.70. The highest BCUT2D eigenvalue weighted by Crippen LogP contribution is 2.14. The molecule has 3 rings (SSSR count). The standard InChI is InChI=1S/C16H17N3O2/c1-21-14-6-2-4-13(12-14)5-3-10-18-11-8-16(20)19-15(18)7-9-17-19/h2,4,6-9,11-12H,3,5,10H2,1H3. The summed E-state index contributed by atoms with van der Waals surface area (Å²) in [6.07, 6.45) is 5.42. The molecule has 2 heterocycles. The second-order valence-electron chi connectivity index (χ2n) is 4.90. The molecule has 0 spiro atoms. The lowest BCUT2D eigenvalue weighted by atomic mass is 10.1. The fourth-order valence-corrected chi connectivity index (χ4v) is 2.45. The summed E-state index contributed by atoms with van der Waals surface area (Å²) in [4.78, 5) is 11.6. The Morgan fingerprint density at radius 1 is 1.24 bits per heavy atom. The van der Waals surface area contributed by atoms with Crippen LogP contribution in [0.1, 0.15) is 12.0 Å². The van der Waals surface area contributed by atoms with Crippen LogP contribution in [0.2, 0.25) is 0 Å². The zero-order valence-electron chi connectivity index (χ0n) is 11.9. The Morgan fingerprint density at radius 3 is 3.00 bits per heavy atom. The molecule has 2 aromatic heterocycles. The van der Waals surface area contributed by atoms with E-state index in [2.05, 4.69) is 21.8 Å². The summed E-state index contributed by atoms with van der Waals surface area (Å²) in [6, 6.07) is 11.5. The van der Waals surface area contributed by atoms with E-state index in [0.29, 0.717) is 0 Å². The van der Waals surface area contributed by atoms with Crippen molar-refractivity contribution in [1.82, 2.24) is 14.2 Å². The van der Waals surface area contributed by atoms with E-state index in [1.165, 1.54) is 10.1 Å². The summed E-state index contributed by atoms with van der Waals surface area (Å²) in [5, 5.41) is 4.03. The second kappa shape index (κ2) is 5.83. The molecule has 0 atom stereocenters. The lowest BCUT2D eigenvalue weighted by Gasteiger charge is -2.09. The van der Waals surface area contributed by atoms with Crippen LogP contribution in [0.3, 0.4) is 0 Å². The van der Waals surface area contributed by atoms with Crippen LogP contribution in [0.5, 0.6) is 5.75 Å². The van der Waals surface area contributed by atoms with E-state index in [4.69, 9.17) is 4.74 Å². The van der Waals surface area contributed by atoms with Crippen LogP contribution in [-0.4, -0.2) is 21.3 Å². The monoisotopic (exact) mass is 283 g/mol. The van der Waals surface area contributed by atoms with Gasteiger partial charge in [-0.3, -0.25) is 4.79 Å². The smallest absolute Gasteiger partial charge is 0.274 e. The van der Waals surface area contributed by atoms with Gasteiger partial charge in [0.25, 0.3) is 5.56 Å². The van der Waals surface area contributed by atoms with Crippen LogP contribution in [-0.2, 0) is 13.0 Å². The number of hydrogen-bond acceptors (Lipinski definition) is 3. The summed E-state index contributed by atoms with van der Waals surface area (Å²) in [7, 11) is 1.68. The molecular formula is C16H17N3O2. The van der Waals surface area contributed by atoms with Crippen molar-refractivity contribution < 1.29 is 4.74 Å². The van der Waals surface area contributed by atoms with Gasteiger partial charge < -0.3 is 9.30 Å². The van der Waals surface area contributed by atoms with Gasteiger partial charge in [0.2, 0.25) is 0 Å². The molecule has 5 heteroatoms. The molecule has 0 aliphatic heterocycles. The Hall–Kier alpha value is -2.56. The topological polar surface area (TPSA) is 48.5 Å². The molecule has 21 heavy (non-hydrogen) atoms. The Bertz CT molecular complexity index is 804. The van der Waals surface area contributed by atoms with Gasteiger partial charge in [0, 0.05) is 24.9 Å². The molecule has 0 radical (unpaired) electrons. The third kappa shape index (κ3) is 2.81. The molecule has 0 aliphatic rings. The van der Waals surface area contributed by atoms with Gasteiger partial charge in [-0.05, 0) is 30.5 Å². The Balaban J connectivity index is 1.71. The van der Waals surface area contributed by atoms with Crippen molar-refractivity contribution in [1.29, 1.82) is 0 Å². The number of hydrogen-bond donors (Lipinski definition) is 0. The molecule has 0 saturated carbocycles. The summed E-state index contributed by atoms with van der Waals surface area (Å²) >= 11 is 0. The van der Waals surface area contributed by atoms with Crippen molar-refractivity contribution in [3.8, 4) is 5.75 Å². The normalized spacial score (nSPS) is 10.9. The minimum atomic E-state index is -0.0981. The maximum Gasteiger partial charge on any atom is 0.274 e. The highest BCUT2D eigenvalue weighted by atomic mass is 16.5. The average Bonchev–Trinajstić information content (AvgIpc) is 3.00. The predicted octanol–water partition coefficient (Wildman–Crippen LogP) is 2.14. The van der Waals surface area contributed by atoms with Gasteiger partial charge in [-0.15, -0.1) is 0 Å². The molecule has 0 amide bonds. The minimum absolute atomic E-state index is 0.0981. The lowest BCUT2D eigenvalue weighted by molar-refractivity contribution is 0.414. The number of methoxy groups -OCH3 is 1. The number of aryl methyl sites for hydroxylation is 2. The van der Waals surface area contributed by atoms with Gasteiger partial charge in [0.1, 0.15) is 11.4 Å². The number of nitrogens with zero attached hydrogens (tertiary/aromatic N) is 3. The summed E-state index contributed by atoms with van der Waals surface area (Å²) in [5.74, 6) is 0.883. The van der Waals surface area contributed by atoms with Crippen LogP contribution in [0.15, 0.2) is 53.6 Å². The number of rotatable bonds is 5. The highest BCUT2D eigenvalue weighted by Gasteiger charge is 2.03. The van der Waals surface area contributed by atoms with E-state index in [1.807, 2.05) is 24.4 Å². The van der Waals surface area contributed by atoms with Crippen molar-refractivity contribution in [2.24, 2.45) is 0 Å². The van der Waals surface area contributed by atoms with Crippen molar-refractivity contribution in [3.05, 3.63) is 64.7 Å². The van der Waals surface area contributed by atoms with Gasteiger partial charge in [-0.25, -0.2) is 0 Å². The van der Waals surface area contributed by atoms with Crippen molar-refractivity contribution in [3.63, 3.8) is 0 Å². The van der Waals surface area contributed by atoms with Gasteiger partial charge >= 0.3 is 0 Å². The number of benzene rings is 1. The molecule has 1 aromatic carbocycles.